The SMILES string of the molecule is CC1CC(NS(=O)(=O)c2ccc(CN)c(Cl)c2)C1. The summed E-state index contributed by atoms with van der Waals surface area (Å²) in [5.41, 5.74) is 6.23. The summed E-state index contributed by atoms with van der Waals surface area (Å²) in [5, 5.41) is 0.391. The lowest BCUT2D eigenvalue weighted by Gasteiger charge is -2.32. The molecule has 1 fully saturated rings. The van der Waals surface area contributed by atoms with Crippen LogP contribution < -0.4 is 10.5 Å². The standard InChI is InChI=1S/C12H17ClN2O2S/c1-8-4-10(5-8)15-18(16,17)11-3-2-9(7-14)12(13)6-11/h2-3,6,8,10,15H,4-5,7,14H2,1H3. The number of sulfonamides is 1. The van der Waals surface area contributed by atoms with Crippen molar-refractivity contribution in [1.29, 1.82) is 0 Å². The van der Waals surface area contributed by atoms with Crippen LogP contribution in [0.2, 0.25) is 5.02 Å². The van der Waals surface area contributed by atoms with Gasteiger partial charge in [0, 0.05) is 17.6 Å². The van der Waals surface area contributed by atoms with Gasteiger partial charge in [-0.25, -0.2) is 13.1 Å². The van der Waals surface area contributed by atoms with E-state index in [4.69, 9.17) is 17.3 Å². The van der Waals surface area contributed by atoms with Gasteiger partial charge >= 0.3 is 0 Å². The van der Waals surface area contributed by atoms with Crippen LogP contribution >= 0.6 is 11.6 Å². The van der Waals surface area contributed by atoms with Crippen molar-refractivity contribution in [1.82, 2.24) is 4.72 Å². The molecule has 0 amide bonds. The topological polar surface area (TPSA) is 72.2 Å². The lowest BCUT2D eigenvalue weighted by atomic mass is 9.83. The Kier molecular flexibility index (Phi) is 3.96. The van der Waals surface area contributed by atoms with E-state index in [9.17, 15) is 8.42 Å². The van der Waals surface area contributed by atoms with E-state index in [2.05, 4.69) is 11.6 Å². The molecule has 0 unspecified atom stereocenters. The second-order valence-electron chi connectivity index (χ2n) is 4.85. The smallest absolute Gasteiger partial charge is 0.240 e. The number of nitrogens with one attached hydrogen (secondary N) is 1. The molecule has 6 heteroatoms. The highest BCUT2D eigenvalue weighted by molar-refractivity contribution is 7.89. The van der Waals surface area contributed by atoms with Gasteiger partial charge in [0.1, 0.15) is 0 Å². The van der Waals surface area contributed by atoms with Crippen molar-refractivity contribution in [3.8, 4) is 0 Å². The number of nitrogens with two attached hydrogens (primary N) is 1. The lowest BCUT2D eigenvalue weighted by Crippen LogP contribution is -2.43. The van der Waals surface area contributed by atoms with Crippen molar-refractivity contribution in [2.24, 2.45) is 11.7 Å². The Morgan fingerprint density at radius 2 is 2.11 bits per heavy atom. The zero-order chi connectivity index (χ0) is 13.3. The molecule has 1 aliphatic carbocycles. The average molecular weight is 289 g/mol. The Morgan fingerprint density at radius 1 is 1.44 bits per heavy atom. The molecule has 0 bridgehead atoms. The minimum absolute atomic E-state index is 0.0537. The molecule has 1 aromatic carbocycles. The lowest BCUT2D eigenvalue weighted by molar-refractivity contribution is 0.270. The minimum atomic E-state index is -3.47. The van der Waals surface area contributed by atoms with Crippen molar-refractivity contribution in [2.75, 3.05) is 0 Å². The molecule has 2 rings (SSSR count). The van der Waals surface area contributed by atoms with E-state index in [1.165, 1.54) is 6.07 Å². The molecule has 3 N–H and O–H groups in total. The highest BCUT2D eigenvalue weighted by atomic mass is 35.5. The van der Waals surface area contributed by atoms with Crippen LogP contribution in [-0.4, -0.2) is 14.5 Å². The molecule has 0 heterocycles. The third kappa shape index (κ3) is 2.85. The largest absolute Gasteiger partial charge is 0.326 e. The van der Waals surface area contributed by atoms with Gasteiger partial charge in [0.2, 0.25) is 10.0 Å². The van der Waals surface area contributed by atoms with Gasteiger partial charge in [-0.05, 0) is 36.5 Å². The number of hydrogen-bond donors (Lipinski definition) is 2. The van der Waals surface area contributed by atoms with Crippen molar-refractivity contribution in [3.05, 3.63) is 28.8 Å². The summed E-state index contributed by atoms with van der Waals surface area (Å²) in [4.78, 5) is 0.198. The van der Waals surface area contributed by atoms with Crippen LogP contribution in [0, 0.1) is 5.92 Å². The van der Waals surface area contributed by atoms with E-state index in [1.807, 2.05) is 0 Å². The van der Waals surface area contributed by atoms with Crippen molar-refractivity contribution < 1.29 is 8.42 Å². The molecule has 0 aliphatic heterocycles. The maximum absolute atomic E-state index is 12.1. The van der Waals surface area contributed by atoms with Crippen molar-refractivity contribution in [3.63, 3.8) is 0 Å². The van der Waals surface area contributed by atoms with Crippen LogP contribution in [0.15, 0.2) is 23.1 Å². The number of hydrogen-bond acceptors (Lipinski definition) is 3. The predicted molar refractivity (Wildman–Crippen MR) is 71.9 cm³/mol. The van der Waals surface area contributed by atoms with Crippen LogP contribution in [0.1, 0.15) is 25.3 Å². The van der Waals surface area contributed by atoms with Gasteiger partial charge in [-0.2, -0.15) is 0 Å². The van der Waals surface area contributed by atoms with Gasteiger partial charge in [0.25, 0.3) is 0 Å². The van der Waals surface area contributed by atoms with Crippen LogP contribution in [0.5, 0.6) is 0 Å². The molecule has 0 spiro atoms. The van der Waals surface area contributed by atoms with Crippen molar-refractivity contribution >= 4 is 21.6 Å². The molecule has 0 radical (unpaired) electrons. The number of rotatable bonds is 4. The van der Waals surface area contributed by atoms with E-state index in [1.54, 1.807) is 12.1 Å². The highest BCUT2D eigenvalue weighted by Crippen LogP contribution is 2.28. The molecule has 1 saturated carbocycles. The fourth-order valence-corrected chi connectivity index (χ4v) is 3.76. The Labute approximate surface area is 113 Å². The van der Waals surface area contributed by atoms with Gasteiger partial charge in [-0.3, -0.25) is 0 Å². The number of halogens is 1. The molecule has 100 valence electrons. The molecular formula is C12H17ClN2O2S. The van der Waals surface area contributed by atoms with Crippen molar-refractivity contribution in [2.45, 2.75) is 37.2 Å². The number of benzene rings is 1. The second kappa shape index (κ2) is 5.17. The molecule has 4 nitrogen and oxygen atoms in total. The first-order chi connectivity index (χ1) is 8.42. The molecule has 1 aromatic rings. The summed E-state index contributed by atoms with van der Waals surface area (Å²) in [6.07, 6.45) is 1.79. The fourth-order valence-electron chi connectivity index (χ4n) is 2.15. The Hall–Kier alpha value is -0.620. The van der Waals surface area contributed by atoms with E-state index in [-0.39, 0.29) is 10.9 Å². The van der Waals surface area contributed by atoms with Crippen LogP contribution in [0.4, 0.5) is 0 Å². The van der Waals surface area contributed by atoms with Crippen LogP contribution in [-0.2, 0) is 16.6 Å². The Bertz CT molecular complexity index is 539. The summed E-state index contributed by atoms with van der Waals surface area (Å²) in [7, 11) is -3.47. The van der Waals surface area contributed by atoms with Gasteiger partial charge in [0.05, 0.1) is 4.90 Å². The first-order valence-corrected chi connectivity index (χ1v) is 7.79. The zero-order valence-corrected chi connectivity index (χ0v) is 11.8. The highest BCUT2D eigenvalue weighted by Gasteiger charge is 2.29. The summed E-state index contributed by atoms with van der Waals surface area (Å²) < 4.78 is 26.9. The molecule has 0 atom stereocenters. The van der Waals surface area contributed by atoms with Crippen LogP contribution in [0.25, 0.3) is 0 Å². The minimum Gasteiger partial charge on any atom is -0.326 e. The predicted octanol–water partition coefficient (Wildman–Crippen LogP) is 1.88. The van der Waals surface area contributed by atoms with Gasteiger partial charge in [-0.15, -0.1) is 0 Å². The fraction of sp³-hybridized carbons (Fsp3) is 0.500. The summed E-state index contributed by atoms with van der Waals surface area (Å²) >= 11 is 5.97. The second-order valence-corrected chi connectivity index (χ2v) is 6.97. The summed E-state index contributed by atoms with van der Waals surface area (Å²) in [6, 6.07) is 4.70. The van der Waals surface area contributed by atoms with Gasteiger partial charge in [-0.1, -0.05) is 24.6 Å². The third-order valence-corrected chi connectivity index (χ3v) is 5.12. The maximum Gasteiger partial charge on any atom is 0.240 e. The summed E-state index contributed by atoms with van der Waals surface area (Å²) in [6.45, 7) is 2.41. The third-order valence-electron chi connectivity index (χ3n) is 3.25. The summed E-state index contributed by atoms with van der Waals surface area (Å²) in [5.74, 6) is 0.598. The van der Waals surface area contributed by atoms with E-state index >= 15 is 0 Å². The van der Waals surface area contributed by atoms with Crippen LogP contribution in [0.3, 0.4) is 0 Å². The maximum atomic E-state index is 12.1. The molecule has 18 heavy (non-hydrogen) atoms. The molecule has 0 saturated heterocycles. The Balaban J connectivity index is 2.16. The first kappa shape index (κ1) is 13.8. The van der Waals surface area contributed by atoms with E-state index in [0.29, 0.717) is 17.5 Å². The normalized spacial score (nSPS) is 23.7. The molecular weight excluding hydrogens is 272 g/mol. The molecule has 0 aromatic heterocycles. The van der Waals surface area contributed by atoms with Gasteiger partial charge < -0.3 is 5.73 Å². The Morgan fingerprint density at radius 3 is 2.61 bits per heavy atom. The van der Waals surface area contributed by atoms with E-state index in [0.717, 1.165) is 18.4 Å². The van der Waals surface area contributed by atoms with Gasteiger partial charge in [0.15, 0.2) is 0 Å². The monoisotopic (exact) mass is 288 g/mol. The van der Waals surface area contributed by atoms with E-state index < -0.39 is 10.0 Å². The first-order valence-electron chi connectivity index (χ1n) is 5.93. The average Bonchev–Trinajstić information content (AvgIpc) is 2.26. The molecule has 1 aliphatic rings. The quantitative estimate of drug-likeness (QED) is 0.888. The zero-order valence-electron chi connectivity index (χ0n) is 10.2.